The minimum atomic E-state index is -0.335. The Hall–Kier alpha value is -2.56. The predicted molar refractivity (Wildman–Crippen MR) is 103 cm³/mol. The predicted octanol–water partition coefficient (Wildman–Crippen LogP) is 4.72. The largest absolute Gasteiger partial charge is 0.493 e. The first-order chi connectivity index (χ1) is 12.7. The molecule has 26 heavy (non-hydrogen) atoms. The first-order valence-electron chi connectivity index (χ1n) is 9.37. The molecule has 0 spiro atoms. The molecule has 0 bridgehead atoms. The average molecular weight is 354 g/mol. The van der Waals surface area contributed by atoms with Gasteiger partial charge in [-0.05, 0) is 38.0 Å². The molecule has 0 aliphatic carbocycles. The molecule has 0 saturated carbocycles. The van der Waals surface area contributed by atoms with E-state index in [1.54, 1.807) is 12.1 Å². The number of hydrogen-bond acceptors (Lipinski definition) is 4. The van der Waals surface area contributed by atoms with E-state index in [9.17, 15) is 4.79 Å². The summed E-state index contributed by atoms with van der Waals surface area (Å²) in [6.07, 6.45) is 11.1. The van der Waals surface area contributed by atoms with Crippen LogP contribution in [0.5, 0.6) is 5.75 Å². The van der Waals surface area contributed by atoms with Gasteiger partial charge in [0.1, 0.15) is 17.2 Å². The number of hydrogen-bond donors (Lipinski definition) is 0. The fourth-order valence-electron chi connectivity index (χ4n) is 3.05. The lowest BCUT2D eigenvalue weighted by atomic mass is 10.1. The van der Waals surface area contributed by atoms with Crippen molar-refractivity contribution in [1.82, 2.24) is 9.55 Å². The normalized spacial score (nSPS) is 11.1. The highest BCUT2D eigenvalue weighted by molar-refractivity contribution is 5.77. The third kappa shape index (κ3) is 5.22. The minimum absolute atomic E-state index is 0.335. The minimum Gasteiger partial charge on any atom is -0.493 e. The molecular formula is C21H26N2O3. The lowest BCUT2D eigenvalue weighted by Crippen LogP contribution is -1.99. The second-order valence-corrected chi connectivity index (χ2v) is 6.59. The number of unbranched alkanes of at least 4 members (excludes halogenated alkanes) is 5. The van der Waals surface area contributed by atoms with E-state index in [1.807, 2.05) is 31.5 Å². The molecule has 138 valence electrons. The molecule has 0 amide bonds. The highest BCUT2D eigenvalue weighted by Gasteiger charge is 2.01. The van der Waals surface area contributed by atoms with E-state index < -0.39 is 0 Å². The first kappa shape index (κ1) is 18.2. The Morgan fingerprint density at radius 1 is 1.04 bits per heavy atom. The van der Waals surface area contributed by atoms with E-state index in [0.717, 1.165) is 29.9 Å². The van der Waals surface area contributed by atoms with Gasteiger partial charge in [-0.3, -0.25) is 0 Å². The maximum atomic E-state index is 11.3. The van der Waals surface area contributed by atoms with Crippen molar-refractivity contribution in [3.05, 3.63) is 59.0 Å². The Labute approximate surface area is 153 Å². The summed E-state index contributed by atoms with van der Waals surface area (Å²) in [5, 5.41) is 0.905. The number of fused-ring (bicyclic) bond motifs is 1. The van der Waals surface area contributed by atoms with Gasteiger partial charge in [0.25, 0.3) is 0 Å². The molecule has 0 N–H and O–H groups in total. The molecule has 0 fully saturated rings. The molecule has 2 aromatic heterocycles. The summed E-state index contributed by atoms with van der Waals surface area (Å²) in [6, 6.07) is 8.81. The lowest BCUT2D eigenvalue weighted by Gasteiger charge is -2.07. The van der Waals surface area contributed by atoms with Crippen LogP contribution < -0.4 is 10.4 Å². The number of rotatable bonds is 10. The number of imidazole rings is 1. The van der Waals surface area contributed by atoms with Gasteiger partial charge >= 0.3 is 5.63 Å². The van der Waals surface area contributed by atoms with Crippen molar-refractivity contribution in [2.45, 2.75) is 52.0 Å². The molecule has 0 saturated heterocycles. The van der Waals surface area contributed by atoms with Crippen molar-refractivity contribution in [2.24, 2.45) is 0 Å². The zero-order chi connectivity index (χ0) is 18.2. The van der Waals surface area contributed by atoms with Crippen LogP contribution in [0.25, 0.3) is 11.0 Å². The van der Waals surface area contributed by atoms with Crippen molar-refractivity contribution in [2.75, 3.05) is 6.61 Å². The maximum absolute atomic E-state index is 11.3. The van der Waals surface area contributed by atoms with Crippen LogP contribution in [0, 0.1) is 6.92 Å². The molecular weight excluding hydrogens is 328 g/mol. The summed E-state index contributed by atoms with van der Waals surface area (Å²) in [5.41, 5.74) is 0.237. The van der Waals surface area contributed by atoms with E-state index in [-0.39, 0.29) is 5.63 Å². The summed E-state index contributed by atoms with van der Waals surface area (Å²) in [6.45, 7) is 3.80. The van der Waals surface area contributed by atoms with Gasteiger partial charge in [0, 0.05) is 36.5 Å². The van der Waals surface area contributed by atoms with Crippen molar-refractivity contribution in [3.63, 3.8) is 0 Å². The standard InChI is InChI=1S/C21H26N2O3/c1-17-22-12-14-23(17)13-6-4-2-3-5-7-15-25-19-10-8-18-9-11-21(24)26-20(18)16-19/h8-12,14,16H,2-7,13,15H2,1H3. The van der Waals surface area contributed by atoms with Crippen molar-refractivity contribution < 1.29 is 9.15 Å². The third-order valence-electron chi connectivity index (χ3n) is 4.58. The van der Waals surface area contributed by atoms with E-state index in [1.165, 1.54) is 38.2 Å². The fraction of sp³-hybridized carbons (Fsp3) is 0.429. The second-order valence-electron chi connectivity index (χ2n) is 6.59. The lowest BCUT2D eigenvalue weighted by molar-refractivity contribution is 0.304. The fourth-order valence-corrected chi connectivity index (χ4v) is 3.05. The van der Waals surface area contributed by atoms with Crippen molar-refractivity contribution in [1.29, 1.82) is 0 Å². The summed E-state index contributed by atoms with van der Waals surface area (Å²) < 4.78 is 13.2. The second kappa shape index (κ2) is 9.22. The van der Waals surface area contributed by atoms with Crippen LogP contribution in [0.15, 0.2) is 51.9 Å². The zero-order valence-corrected chi connectivity index (χ0v) is 15.3. The summed E-state index contributed by atoms with van der Waals surface area (Å²) >= 11 is 0. The summed E-state index contributed by atoms with van der Waals surface area (Å²) in [4.78, 5) is 15.5. The Bertz CT molecular complexity index is 882. The number of aryl methyl sites for hydroxylation is 2. The monoisotopic (exact) mass is 354 g/mol. The van der Waals surface area contributed by atoms with E-state index in [2.05, 4.69) is 9.55 Å². The molecule has 0 radical (unpaired) electrons. The van der Waals surface area contributed by atoms with Crippen LogP contribution in [-0.4, -0.2) is 16.2 Å². The summed E-state index contributed by atoms with van der Waals surface area (Å²) in [7, 11) is 0. The Morgan fingerprint density at radius 2 is 1.81 bits per heavy atom. The molecule has 2 heterocycles. The van der Waals surface area contributed by atoms with Crippen molar-refractivity contribution in [3.8, 4) is 5.75 Å². The van der Waals surface area contributed by atoms with Crippen LogP contribution in [-0.2, 0) is 6.54 Å². The van der Waals surface area contributed by atoms with Crippen LogP contribution in [0.3, 0.4) is 0 Å². The Morgan fingerprint density at radius 3 is 2.62 bits per heavy atom. The molecule has 3 rings (SSSR count). The van der Waals surface area contributed by atoms with E-state index >= 15 is 0 Å². The topological polar surface area (TPSA) is 57.3 Å². The maximum Gasteiger partial charge on any atom is 0.336 e. The number of aromatic nitrogens is 2. The van der Waals surface area contributed by atoms with Crippen LogP contribution >= 0.6 is 0 Å². The smallest absolute Gasteiger partial charge is 0.336 e. The van der Waals surface area contributed by atoms with Gasteiger partial charge in [-0.25, -0.2) is 9.78 Å². The van der Waals surface area contributed by atoms with Gasteiger partial charge in [0.15, 0.2) is 0 Å². The van der Waals surface area contributed by atoms with E-state index in [4.69, 9.17) is 9.15 Å². The molecule has 0 unspecified atom stereocenters. The highest BCUT2D eigenvalue weighted by atomic mass is 16.5. The van der Waals surface area contributed by atoms with E-state index in [0.29, 0.717) is 12.2 Å². The molecule has 0 atom stereocenters. The molecule has 1 aromatic carbocycles. The third-order valence-corrected chi connectivity index (χ3v) is 4.58. The number of ether oxygens (including phenoxy) is 1. The average Bonchev–Trinajstić information content (AvgIpc) is 3.05. The van der Waals surface area contributed by atoms with Crippen LogP contribution in [0.2, 0.25) is 0 Å². The van der Waals surface area contributed by atoms with Gasteiger partial charge < -0.3 is 13.7 Å². The molecule has 0 aliphatic heterocycles. The Balaban J connectivity index is 1.27. The quantitative estimate of drug-likeness (QED) is 0.390. The van der Waals surface area contributed by atoms with Crippen molar-refractivity contribution >= 4 is 11.0 Å². The highest BCUT2D eigenvalue weighted by Crippen LogP contribution is 2.19. The van der Waals surface area contributed by atoms with Gasteiger partial charge in [-0.1, -0.05) is 25.7 Å². The van der Waals surface area contributed by atoms with Gasteiger partial charge in [-0.2, -0.15) is 0 Å². The Kier molecular flexibility index (Phi) is 6.47. The number of nitrogens with zero attached hydrogens (tertiary/aromatic N) is 2. The zero-order valence-electron chi connectivity index (χ0n) is 15.3. The molecule has 3 aromatic rings. The molecule has 0 aliphatic rings. The number of benzene rings is 1. The van der Waals surface area contributed by atoms with Gasteiger partial charge in [-0.15, -0.1) is 0 Å². The SMILES string of the molecule is Cc1nccn1CCCCCCCCOc1ccc2ccc(=O)oc2c1. The van der Waals surface area contributed by atoms with Crippen LogP contribution in [0.4, 0.5) is 0 Å². The first-order valence-corrected chi connectivity index (χ1v) is 9.37. The van der Waals surface area contributed by atoms with Gasteiger partial charge in [0.2, 0.25) is 0 Å². The molecule has 5 nitrogen and oxygen atoms in total. The van der Waals surface area contributed by atoms with Crippen LogP contribution in [0.1, 0.15) is 44.3 Å². The van der Waals surface area contributed by atoms with Gasteiger partial charge in [0.05, 0.1) is 6.61 Å². The summed E-state index contributed by atoms with van der Waals surface area (Å²) in [5.74, 6) is 1.85. The molecule has 5 heteroatoms.